The summed E-state index contributed by atoms with van der Waals surface area (Å²) in [7, 11) is 0. The number of thiophene rings is 1. The van der Waals surface area contributed by atoms with Crippen LogP contribution in [0.5, 0.6) is 0 Å². The van der Waals surface area contributed by atoms with E-state index in [1.54, 1.807) is 16.7 Å². The SMILES string of the molecule is C=CCn1c(SCC(=O)N2c3ccccc3CC2C)nc2sccc2c1=O. The van der Waals surface area contributed by atoms with Gasteiger partial charge in [0.1, 0.15) is 4.83 Å². The molecule has 0 radical (unpaired) electrons. The van der Waals surface area contributed by atoms with Crippen LogP contribution in [0.1, 0.15) is 12.5 Å². The van der Waals surface area contributed by atoms with Crippen molar-refractivity contribution in [3.8, 4) is 0 Å². The lowest BCUT2D eigenvalue weighted by Crippen LogP contribution is -2.37. The van der Waals surface area contributed by atoms with Crippen LogP contribution >= 0.6 is 23.1 Å². The van der Waals surface area contributed by atoms with Crippen molar-refractivity contribution in [1.82, 2.24) is 9.55 Å². The highest BCUT2D eigenvalue weighted by molar-refractivity contribution is 7.99. The highest BCUT2D eigenvalue weighted by Crippen LogP contribution is 2.32. The van der Waals surface area contributed by atoms with Crippen molar-refractivity contribution < 1.29 is 4.79 Å². The second kappa shape index (κ2) is 7.32. The first-order valence-electron chi connectivity index (χ1n) is 8.72. The maximum Gasteiger partial charge on any atom is 0.263 e. The highest BCUT2D eigenvalue weighted by atomic mass is 32.2. The summed E-state index contributed by atoms with van der Waals surface area (Å²) < 4.78 is 1.58. The van der Waals surface area contributed by atoms with Gasteiger partial charge in [-0.3, -0.25) is 14.2 Å². The molecule has 3 heterocycles. The van der Waals surface area contributed by atoms with Crippen LogP contribution < -0.4 is 10.5 Å². The largest absolute Gasteiger partial charge is 0.308 e. The fourth-order valence-corrected chi connectivity index (χ4v) is 5.14. The van der Waals surface area contributed by atoms with Gasteiger partial charge in [0.05, 0.1) is 11.1 Å². The summed E-state index contributed by atoms with van der Waals surface area (Å²) in [6, 6.07) is 9.95. The third kappa shape index (κ3) is 3.21. The number of thioether (sulfide) groups is 1. The Hall–Kier alpha value is -2.38. The zero-order valence-electron chi connectivity index (χ0n) is 14.9. The molecule has 7 heteroatoms. The molecule has 2 aromatic heterocycles. The van der Waals surface area contributed by atoms with Gasteiger partial charge in [-0.25, -0.2) is 4.98 Å². The molecule has 138 valence electrons. The van der Waals surface area contributed by atoms with E-state index in [9.17, 15) is 9.59 Å². The number of rotatable bonds is 5. The van der Waals surface area contributed by atoms with Gasteiger partial charge in [0.2, 0.25) is 5.91 Å². The van der Waals surface area contributed by atoms with E-state index < -0.39 is 0 Å². The Labute approximate surface area is 165 Å². The molecule has 4 rings (SSSR count). The second-order valence-corrected chi connectivity index (χ2v) is 8.31. The van der Waals surface area contributed by atoms with E-state index in [-0.39, 0.29) is 23.3 Å². The van der Waals surface area contributed by atoms with Gasteiger partial charge < -0.3 is 4.90 Å². The van der Waals surface area contributed by atoms with Crippen LogP contribution in [0.2, 0.25) is 0 Å². The molecule has 1 unspecified atom stereocenters. The van der Waals surface area contributed by atoms with Gasteiger partial charge >= 0.3 is 0 Å². The minimum absolute atomic E-state index is 0.0307. The Morgan fingerprint density at radius 1 is 1.41 bits per heavy atom. The van der Waals surface area contributed by atoms with E-state index in [1.165, 1.54) is 28.7 Å². The lowest BCUT2D eigenvalue weighted by molar-refractivity contribution is -0.116. The van der Waals surface area contributed by atoms with Crippen LogP contribution in [-0.4, -0.2) is 27.3 Å². The van der Waals surface area contributed by atoms with Crippen LogP contribution in [0.4, 0.5) is 5.69 Å². The smallest absolute Gasteiger partial charge is 0.263 e. The van der Waals surface area contributed by atoms with E-state index in [0.29, 0.717) is 21.9 Å². The molecule has 1 aromatic carbocycles. The standard InChI is InChI=1S/C20H19N3O2S2/c1-3-9-22-19(25)15-8-10-26-18(15)21-20(22)27-12-17(24)23-13(2)11-14-6-4-5-7-16(14)23/h3-8,10,13H,1,9,11-12H2,2H3. The number of carbonyl (C=O) groups is 1. The number of anilines is 1. The molecule has 1 aliphatic rings. The van der Waals surface area contributed by atoms with Crippen molar-refractivity contribution in [1.29, 1.82) is 0 Å². The predicted molar refractivity (Wildman–Crippen MR) is 112 cm³/mol. The number of fused-ring (bicyclic) bond motifs is 2. The van der Waals surface area contributed by atoms with Gasteiger partial charge in [-0.1, -0.05) is 36.0 Å². The first-order valence-corrected chi connectivity index (χ1v) is 10.6. The molecule has 0 fully saturated rings. The average Bonchev–Trinajstić information content (AvgIpc) is 3.25. The number of hydrogen-bond acceptors (Lipinski definition) is 5. The zero-order chi connectivity index (χ0) is 19.0. The molecule has 0 aliphatic carbocycles. The van der Waals surface area contributed by atoms with Crippen molar-refractivity contribution in [3.63, 3.8) is 0 Å². The van der Waals surface area contributed by atoms with E-state index in [1.807, 2.05) is 28.5 Å². The Bertz CT molecular complexity index is 1090. The summed E-state index contributed by atoms with van der Waals surface area (Å²) in [6.45, 7) is 6.16. The van der Waals surface area contributed by atoms with Crippen molar-refractivity contribution in [2.75, 3.05) is 10.7 Å². The normalized spacial score (nSPS) is 15.9. The summed E-state index contributed by atoms with van der Waals surface area (Å²) in [5.74, 6) is 0.266. The van der Waals surface area contributed by atoms with Gasteiger partial charge in [0, 0.05) is 18.3 Å². The molecule has 0 spiro atoms. The molecule has 0 bridgehead atoms. The molecular weight excluding hydrogens is 378 g/mol. The van der Waals surface area contributed by atoms with Crippen molar-refractivity contribution in [2.45, 2.75) is 31.1 Å². The fourth-order valence-electron chi connectivity index (χ4n) is 3.47. The number of benzene rings is 1. The van der Waals surface area contributed by atoms with Crippen molar-refractivity contribution in [3.05, 3.63) is 64.3 Å². The van der Waals surface area contributed by atoms with Gasteiger partial charge in [0.25, 0.3) is 5.56 Å². The number of allylic oxidation sites excluding steroid dienone is 1. The molecule has 5 nitrogen and oxygen atoms in total. The molecule has 27 heavy (non-hydrogen) atoms. The number of nitrogens with zero attached hydrogens (tertiary/aromatic N) is 3. The van der Waals surface area contributed by atoms with E-state index in [0.717, 1.165) is 12.1 Å². The Morgan fingerprint density at radius 2 is 2.22 bits per heavy atom. The molecule has 1 amide bonds. The molecule has 1 aliphatic heterocycles. The Balaban J connectivity index is 1.60. The minimum atomic E-state index is -0.0871. The van der Waals surface area contributed by atoms with Crippen LogP contribution in [0, 0.1) is 0 Å². The van der Waals surface area contributed by atoms with Gasteiger partial charge in [-0.15, -0.1) is 17.9 Å². The maximum atomic E-state index is 12.9. The van der Waals surface area contributed by atoms with Crippen molar-refractivity contribution in [2.24, 2.45) is 0 Å². The van der Waals surface area contributed by atoms with Gasteiger partial charge in [-0.05, 0) is 36.4 Å². The summed E-state index contributed by atoms with van der Waals surface area (Å²) in [6.07, 6.45) is 2.54. The zero-order valence-corrected chi connectivity index (χ0v) is 16.6. The highest BCUT2D eigenvalue weighted by Gasteiger charge is 2.30. The molecule has 3 aromatic rings. The van der Waals surface area contributed by atoms with Gasteiger partial charge in [-0.2, -0.15) is 0 Å². The Kier molecular flexibility index (Phi) is 4.88. The molecule has 0 saturated carbocycles. The lowest BCUT2D eigenvalue weighted by Gasteiger charge is -2.22. The quantitative estimate of drug-likeness (QED) is 0.374. The molecule has 0 saturated heterocycles. The fraction of sp³-hybridized carbons (Fsp3) is 0.250. The van der Waals surface area contributed by atoms with Crippen LogP contribution in [0.15, 0.2) is 58.3 Å². The lowest BCUT2D eigenvalue weighted by atomic mass is 10.1. The number of aromatic nitrogens is 2. The first-order chi connectivity index (χ1) is 13.1. The summed E-state index contributed by atoms with van der Waals surface area (Å²) in [4.78, 5) is 32.8. The molecule has 1 atom stereocenters. The third-order valence-electron chi connectivity index (χ3n) is 4.66. The topological polar surface area (TPSA) is 55.2 Å². The first kappa shape index (κ1) is 18.0. The average molecular weight is 398 g/mol. The van der Waals surface area contributed by atoms with E-state index in [2.05, 4.69) is 24.6 Å². The summed E-state index contributed by atoms with van der Waals surface area (Å²) in [5, 5.41) is 3.03. The third-order valence-corrected chi connectivity index (χ3v) is 6.43. The molecular formula is C20H19N3O2S2. The van der Waals surface area contributed by atoms with E-state index >= 15 is 0 Å². The summed E-state index contributed by atoms with van der Waals surface area (Å²) in [5.41, 5.74) is 2.10. The monoisotopic (exact) mass is 397 g/mol. The number of hydrogen-bond donors (Lipinski definition) is 0. The van der Waals surface area contributed by atoms with Gasteiger partial charge in [0.15, 0.2) is 5.16 Å². The van der Waals surface area contributed by atoms with Crippen LogP contribution in [-0.2, 0) is 17.8 Å². The Morgan fingerprint density at radius 3 is 3.04 bits per heavy atom. The second-order valence-electron chi connectivity index (χ2n) is 6.47. The summed E-state index contributed by atoms with van der Waals surface area (Å²) >= 11 is 2.74. The number of para-hydroxylation sites is 1. The number of carbonyl (C=O) groups excluding carboxylic acids is 1. The number of amides is 1. The molecule has 0 N–H and O–H groups in total. The van der Waals surface area contributed by atoms with Crippen LogP contribution in [0.25, 0.3) is 10.2 Å². The van der Waals surface area contributed by atoms with Crippen LogP contribution in [0.3, 0.4) is 0 Å². The predicted octanol–water partition coefficient (Wildman–Crippen LogP) is 3.71. The maximum absolute atomic E-state index is 12.9. The van der Waals surface area contributed by atoms with Crippen molar-refractivity contribution >= 4 is 44.9 Å². The minimum Gasteiger partial charge on any atom is -0.308 e. The van der Waals surface area contributed by atoms with E-state index in [4.69, 9.17) is 0 Å².